The highest BCUT2D eigenvalue weighted by Crippen LogP contribution is 2.32. The van der Waals surface area contributed by atoms with E-state index in [9.17, 15) is 4.39 Å². The summed E-state index contributed by atoms with van der Waals surface area (Å²) in [5, 5.41) is 9.02. The summed E-state index contributed by atoms with van der Waals surface area (Å²) in [5.74, 6) is 0.138. The van der Waals surface area contributed by atoms with Crippen LogP contribution in [-0.2, 0) is 4.74 Å². The number of morpholine rings is 1. The van der Waals surface area contributed by atoms with Gasteiger partial charge in [0.2, 0.25) is 11.1 Å². The van der Waals surface area contributed by atoms with Gasteiger partial charge in [-0.2, -0.15) is 0 Å². The number of ether oxygens (including phenoxy) is 1. The lowest BCUT2D eigenvalue weighted by Gasteiger charge is -2.47. The Morgan fingerprint density at radius 1 is 1.17 bits per heavy atom. The average molecular weight is 336 g/mol. The number of piperidine rings is 1. The van der Waals surface area contributed by atoms with E-state index < -0.39 is 5.82 Å². The zero-order chi connectivity index (χ0) is 15.7. The Morgan fingerprint density at radius 2 is 2.00 bits per heavy atom. The molecule has 1 spiro atoms. The molecular weight excluding hydrogens is 319 g/mol. The van der Waals surface area contributed by atoms with E-state index >= 15 is 0 Å². The van der Waals surface area contributed by atoms with Crippen LogP contribution in [0.25, 0.3) is 0 Å². The Morgan fingerprint density at radius 3 is 2.78 bits per heavy atom. The number of hydrogen-bond donors (Lipinski definition) is 0. The van der Waals surface area contributed by atoms with Crippen LogP contribution in [0, 0.1) is 5.82 Å². The second-order valence-electron chi connectivity index (χ2n) is 5.90. The highest BCUT2D eigenvalue weighted by Gasteiger charge is 2.41. The molecule has 23 heavy (non-hydrogen) atoms. The van der Waals surface area contributed by atoms with Crippen LogP contribution in [-0.4, -0.2) is 58.6 Å². The van der Waals surface area contributed by atoms with Crippen molar-refractivity contribution in [1.82, 2.24) is 20.2 Å². The highest BCUT2D eigenvalue weighted by molar-refractivity contribution is 7.13. The van der Waals surface area contributed by atoms with Crippen molar-refractivity contribution in [1.29, 1.82) is 0 Å². The molecule has 2 aliphatic rings. The van der Waals surface area contributed by atoms with E-state index in [4.69, 9.17) is 4.74 Å². The minimum absolute atomic E-state index is 0.264. The summed E-state index contributed by atoms with van der Waals surface area (Å²) in [7, 11) is 0. The molecule has 2 saturated heterocycles. The zero-order valence-electron chi connectivity index (χ0n) is 12.6. The third-order valence-electron chi connectivity index (χ3n) is 4.30. The van der Waals surface area contributed by atoms with E-state index in [1.807, 2.05) is 0 Å². The lowest BCUT2D eigenvalue weighted by molar-refractivity contribution is -0.0633. The monoisotopic (exact) mass is 336 g/mol. The van der Waals surface area contributed by atoms with E-state index in [-0.39, 0.29) is 5.60 Å². The van der Waals surface area contributed by atoms with Crippen molar-refractivity contribution in [3.63, 3.8) is 0 Å². The van der Waals surface area contributed by atoms with Crippen molar-refractivity contribution in [3.8, 4) is 0 Å². The van der Waals surface area contributed by atoms with Gasteiger partial charge in [0.1, 0.15) is 11.1 Å². The van der Waals surface area contributed by atoms with Gasteiger partial charge in [0.15, 0.2) is 5.82 Å². The molecule has 0 bridgehead atoms. The molecule has 4 rings (SSSR count). The number of anilines is 2. The Labute approximate surface area is 137 Å². The Hall–Kier alpha value is -1.87. The third kappa shape index (κ3) is 2.98. The van der Waals surface area contributed by atoms with Crippen LogP contribution in [0.3, 0.4) is 0 Å². The van der Waals surface area contributed by atoms with Crippen LogP contribution in [0.5, 0.6) is 0 Å². The molecule has 4 heterocycles. The summed E-state index contributed by atoms with van der Waals surface area (Å²) in [6.07, 6.45) is 4.44. The van der Waals surface area contributed by atoms with Gasteiger partial charge in [0.25, 0.3) is 0 Å². The summed E-state index contributed by atoms with van der Waals surface area (Å²) in [6.45, 7) is 3.78. The normalized spacial score (nSPS) is 25.1. The number of aromatic nitrogens is 4. The van der Waals surface area contributed by atoms with Gasteiger partial charge in [-0.15, -0.1) is 10.2 Å². The molecule has 0 aromatic carbocycles. The molecule has 2 aromatic rings. The molecule has 0 aliphatic carbocycles. The summed E-state index contributed by atoms with van der Waals surface area (Å²) in [4.78, 5) is 12.5. The minimum Gasteiger partial charge on any atom is -0.369 e. The molecule has 7 nitrogen and oxygen atoms in total. The van der Waals surface area contributed by atoms with Crippen LogP contribution >= 0.6 is 11.3 Å². The van der Waals surface area contributed by atoms with E-state index in [2.05, 4.69) is 30.0 Å². The SMILES string of the molecule is Fc1cnc(N2CCO[C@@]3(CCCN(c4nncs4)C3)C2)nc1. The highest BCUT2D eigenvalue weighted by atomic mass is 32.1. The first-order valence-electron chi connectivity index (χ1n) is 7.62. The average Bonchev–Trinajstić information content (AvgIpc) is 3.10. The Bertz CT molecular complexity index is 650. The molecule has 0 amide bonds. The predicted octanol–water partition coefficient (Wildman–Crippen LogP) is 1.34. The van der Waals surface area contributed by atoms with Crippen molar-refractivity contribution in [3.05, 3.63) is 23.7 Å². The lowest BCUT2D eigenvalue weighted by Crippen LogP contribution is -2.60. The summed E-state index contributed by atoms with van der Waals surface area (Å²) >= 11 is 1.54. The summed E-state index contributed by atoms with van der Waals surface area (Å²) < 4.78 is 19.2. The van der Waals surface area contributed by atoms with E-state index in [1.54, 1.807) is 16.8 Å². The molecule has 2 aliphatic heterocycles. The van der Waals surface area contributed by atoms with Gasteiger partial charge in [0.05, 0.1) is 32.1 Å². The van der Waals surface area contributed by atoms with Crippen molar-refractivity contribution < 1.29 is 9.13 Å². The largest absolute Gasteiger partial charge is 0.369 e. The van der Waals surface area contributed by atoms with Crippen LogP contribution in [0.15, 0.2) is 17.9 Å². The van der Waals surface area contributed by atoms with Crippen LogP contribution in [0.2, 0.25) is 0 Å². The molecule has 0 radical (unpaired) electrons. The molecule has 0 saturated carbocycles. The summed E-state index contributed by atoms with van der Waals surface area (Å²) in [6, 6.07) is 0. The van der Waals surface area contributed by atoms with Gasteiger partial charge in [-0.25, -0.2) is 14.4 Å². The van der Waals surface area contributed by atoms with E-state index in [0.717, 1.165) is 31.1 Å². The van der Waals surface area contributed by atoms with Gasteiger partial charge in [-0.05, 0) is 12.8 Å². The molecule has 0 unspecified atom stereocenters. The first kappa shape index (κ1) is 14.7. The van der Waals surface area contributed by atoms with Crippen molar-refractivity contribution in [2.45, 2.75) is 18.4 Å². The number of hydrogen-bond acceptors (Lipinski definition) is 8. The Kier molecular flexibility index (Phi) is 3.82. The first-order chi connectivity index (χ1) is 11.2. The van der Waals surface area contributed by atoms with Gasteiger partial charge in [-0.3, -0.25) is 0 Å². The fourth-order valence-electron chi connectivity index (χ4n) is 3.30. The molecule has 122 valence electrons. The lowest BCUT2D eigenvalue weighted by atomic mass is 9.91. The van der Waals surface area contributed by atoms with E-state index in [0.29, 0.717) is 25.6 Å². The van der Waals surface area contributed by atoms with Gasteiger partial charge in [0, 0.05) is 13.1 Å². The second-order valence-corrected chi connectivity index (χ2v) is 6.71. The molecule has 2 fully saturated rings. The second kappa shape index (κ2) is 5.97. The van der Waals surface area contributed by atoms with Gasteiger partial charge < -0.3 is 14.5 Å². The molecule has 2 aromatic heterocycles. The topological polar surface area (TPSA) is 67.3 Å². The smallest absolute Gasteiger partial charge is 0.225 e. The first-order valence-corrected chi connectivity index (χ1v) is 8.50. The number of nitrogens with zero attached hydrogens (tertiary/aromatic N) is 6. The van der Waals surface area contributed by atoms with E-state index in [1.165, 1.54) is 12.4 Å². The Balaban J connectivity index is 1.52. The fraction of sp³-hybridized carbons (Fsp3) is 0.571. The minimum atomic E-state index is -0.420. The number of rotatable bonds is 2. The standard InChI is InChI=1S/C14H17FN6OS/c15-11-6-16-12(17-7-11)20-4-5-22-14(8-20)2-1-3-21(9-14)13-19-18-10-23-13/h6-7,10H,1-5,8-9H2/t14-/m0/s1. The van der Waals surface area contributed by atoms with Crippen LogP contribution in [0.1, 0.15) is 12.8 Å². The van der Waals surface area contributed by atoms with Gasteiger partial charge in [-0.1, -0.05) is 11.3 Å². The maximum absolute atomic E-state index is 13.0. The maximum atomic E-state index is 13.0. The maximum Gasteiger partial charge on any atom is 0.225 e. The molecular formula is C14H17FN6OS. The molecule has 0 N–H and O–H groups in total. The molecule has 9 heteroatoms. The number of halogens is 1. The van der Waals surface area contributed by atoms with Crippen molar-refractivity contribution >= 4 is 22.4 Å². The molecule has 1 atom stereocenters. The fourth-order valence-corrected chi connectivity index (χ4v) is 3.89. The zero-order valence-corrected chi connectivity index (χ0v) is 13.4. The van der Waals surface area contributed by atoms with Crippen molar-refractivity contribution in [2.24, 2.45) is 0 Å². The van der Waals surface area contributed by atoms with Crippen LogP contribution in [0.4, 0.5) is 15.5 Å². The quantitative estimate of drug-likeness (QED) is 0.820. The third-order valence-corrected chi connectivity index (χ3v) is 5.05. The summed E-state index contributed by atoms with van der Waals surface area (Å²) in [5.41, 5.74) is 1.48. The van der Waals surface area contributed by atoms with Crippen LogP contribution < -0.4 is 9.80 Å². The van der Waals surface area contributed by atoms with Gasteiger partial charge >= 0.3 is 0 Å². The van der Waals surface area contributed by atoms with Crippen molar-refractivity contribution in [2.75, 3.05) is 42.6 Å². The predicted molar refractivity (Wildman–Crippen MR) is 84.2 cm³/mol.